The Morgan fingerprint density at radius 2 is 1.12 bits per heavy atom. The second-order valence-corrected chi connectivity index (χ2v) is 27.4. The Morgan fingerprint density at radius 1 is 0.557 bits per heavy atom. The van der Waals surface area contributed by atoms with E-state index >= 15 is 0 Å². The molecule has 31 heteroatoms. The van der Waals surface area contributed by atoms with Crippen LogP contribution in [0, 0.1) is 17.8 Å². The quantitative estimate of drug-likeness (QED) is 0.0197. The van der Waals surface area contributed by atoms with Gasteiger partial charge in [-0.25, -0.2) is 0 Å². The second-order valence-electron chi connectivity index (χ2n) is 27.4. The van der Waals surface area contributed by atoms with Crippen molar-refractivity contribution in [1.82, 2.24) is 57.3 Å². The number of nitrogens with two attached hydrogens (primary N) is 1. The van der Waals surface area contributed by atoms with E-state index in [1.165, 1.54) is 31.2 Å². The number of aromatic hydroxyl groups is 1. The van der Waals surface area contributed by atoms with Crippen molar-refractivity contribution in [2.24, 2.45) is 23.5 Å². The van der Waals surface area contributed by atoms with Gasteiger partial charge in [-0.05, 0) is 116 Å². The van der Waals surface area contributed by atoms with Gasteiger partial charge in [0.15, 0.2) is 5.43 Å². The zero-order valence-electron chi connectivity index (χ0n) is 60.8. The van der Waals surface area contributed by atoms with Crippen molar-refractivity contribution in [3.8, 4) is 5.75 Å². The molecule has 1 aliphatic heterocycles. The van der Waals surface area contributed by atoms with E-state index in [2.05, 4.69) is 53.2 Å². The monoisotopic (exact) mass is 1470 g/mol. The lowest BCUT2D eigenvalue weighted by Gasteiger charge is -2.30. The number of amides is 12. The Balaban J connectivity index is 1.05. The van der Waals surface area contributed by atoms with Crippen molar-refractivity contribution in [1.29, 1.82) is 0 Å². The summed E-state index contributed by atoms with van der Waals surface area (Å²) in [4.78, 5) is 202. The molecule has 0 spiro atoms. The Hall–Kier alpha value is -11.3. The molecule has 572 valence electrons. The first kappa shape index (κ1) is 83.7. The van der Waals surface area contributed by atoms with Crippen LogP contribution in [-0.4, -0.2) is 176 Å². The number of likely N-dealkylation sites (tertiary alicyclic amines) is 1. The molecule has 0 unspecified atom stereocenters. The largest absolute Gasteiger partial charge is 0.508 e. The predicted molar refractivity (Wildman–Crippen MR) is 391 cm³/mol. The number of benzene rings is 4. The van der Waals surface area contributed by atoms with Gasteiger partial charge in [0.25, 0.3) is 0 Å². The van der Waals surface area contributed by atoms with Crippen LogP contribution in [0.1, 0.15) is 137 Å². The van der Waals surface area contributed by atoms with Crippen LogP contribution < -0.4 is 64.3 Å². The van der Waals surface area contributed by atoms with Gasteiger partial charge in [0.2, 0.25) is 70.9 Å². The molecular formula is C75H99N13O18. The van der Waals surface area contributed by atoms with Crippen molar-refractivity contribution in [3.05, 3.63) is 118 Å². The molecule has 6 rings (SSSR count). The number of unbranched alkanes of at least 4 members (excludes halogenated alkanes) is 2. The van der Waals surface area contributed by atoms with Crippen molar-refractivity contribution in [3.63, 3.8) is 0 Å². The van der Waals surface area contributed by atoms with Gasteiger partial charge in [-0.3, -0.25) is 71.9 Å². The number of nitrogens with zero attached hydrogens (tertiary/aromatic N) is 2. The number of carbonyl (C=O) groups is 14. The molecule has 1 aliphatic rings. The number of fused-ring (bicyclic) bond motifs is 2. The molecule has 9 atom stereocenters. The van der Waals surface area contributed by atoms with Crippen LogP contribution in [0.15, 0.2) is 102 Å². The molecule has 31 nitrogen and oxygen atoms in total. The number of carboxylic acid groups (broad SMARTS) is 2. The number of carboxylic acids is 2. The van der Waals surface area contributed by atoms with E-state index in [1.54, 1.807) is 88.4 Å². The van der Waals surface area contributed by atoms with Gasteiger partial charge in [-0.2, -0.15) is 0 Å². The minimum atomic E-state index is -1.60. The molecule has 1 aromatic heterocycles. The number of rotatable bonds is 41. The number of aliphatic carboxylic acids is 2. The summed E-state index contributed by atoms with van der Waals surface area (Å²) in [6.45, 7) is 10.6. The summed E-state index contributed by atoms with van der Waals surface area (Å²) < 4.78 is 2.00. The number of hydrogen-bond donors (Lipinski definition) is 14. The lowest BCUT2D eigenvalue weighted by Crippen LogP contribution is -2.59. The fourth-order valence-electron chi connectivity index (χ4n) is 12.4. The first-order valence-corrected chi connectivity index (χ1v) is 35.7. The first-order chi connectivity index (χ1) is 50.3. The third kappa shape index (κ3) is 25.6. The van der Waals surface area contributed by atoms with Crippen molar-refractivity contribution in [2.45, 2.75) is 193 Å². The summed E-state index contributed by atoms with van der Waals surface area (Å²) in [5, 5.41) is 56.1. The predicted octanol–water partition coefficient (Wildman–Crippen LogP) is 2.44. The Bertz CT molecular complexity index is 4050. The highest BCUT2D eigenvalue weighted by molar-refractivity contribution is 6.00. The third-order valence-electron chi connectivity index (χ3n) is 18.2. The van der Waals surface area contributed by atoms with E-state index in [4.69, 9.17) is 5.73 Å². The van der Waals surface area contributed by atoms with E-state index in [0.29, 0.717) is 58.9 Å². The maximum atomic E-state index is 14.3. The molecule has 0 saturated carbocycles. The first-order valence-electron chi connectivity index (χ1n) is 35.7. The molecule has 2 heterocycles. The van der Waals surface area contributed by atoms with Crippen LogP contribution in [0.2, 0.25) is 0 Å². The van der Waals surface area contributed by atoms with Crippen LogP contribution in [0.25, 0.3) is 21.8 Å². The number of para-hydroxylation sites is 1. The minimum absolute atomic E-state index is 0.000587. The van der Waals surface area contributed by atoms with E-state index in [1.807, 2.05) is 30.5 Å². The summed E-state index contributed by atoms with van der Waals surface area (Å²) in [5.41, 5.74) is 8.46. The van der Waals surface area contributed by atoms with E-state index in [0.717, 1.165) is 10.5 Å². The van der Waals surface area contributed by atoms with Gasteiger partial charge in [-0.1, -0.05) is 109 Å². The van der Waals surface area contributed by atoms with Crippen LogP contribution >= 0.6 is 0 Å². The van der Waals surface area contributed by atoms with Gasteiger partial charge in [0.1, 0.15) is 54.1 Å². The maximum Gasteiger partial charge on any atom is 0.303 e. The van der Waals surface area contributed by atoms with E-state index in [-0.39, 0.29) is 80.9 Å². The van der Waals surface area contributed by atoms with Crippen molar-refractivity contribution < 1.29 is 82.4 Å². The molecule has 1 fully saturated rings. The highest BCUT2D eigenvalue weighted by atomic mass is 16.4. The number of nitrogens with one attached hydrogen (secondary N) is 10. The number of carbonyl (C=O) groups excluding carboxylic acids is 12. The van der Waals surface area contributed by atoms with E-state index < -0.39 is 169 Å². The Labute approximate surface area is 613 Å². The number of phenolic OH excluding ortho intramolecular Hbond substituents is 1. The molecule has 12 amide bonds. The molecule has 0 aliphatic carbocycles. The fraction of sp³-hybridized carbons (Fsp3) is 0.480. The molecule has 0 bridgehead atoms. The molecule has 1 saturated heterocycles. The van der Waals surface area contributed by atoms with Crippen molar-refractivity contribution >= 4 is 110 Å². The van der Waals surface area contributed by atoms with Crippen LogP contribution in [0.3, 0.4) is 0 Å². The molecule has 106 heavy (non-hydrogen) atoms. The number of primary amides is 1. The standard InChI is InChI=1S/C75H99N13O18/c1-8-44(6)66(74(105)84-56(38-47-24-27-49(90)28-25-47)70(101)78-40-61(92)85-65(43(4)5)73(104)83-55(36-42(2)3)71(102)82-54(68(76)99)37-46-18-11-9-12-19-46)86-62(93)41-77-69(100)52(29-32-63(94)95)81-72(103)59-22-17-35-88(59)75(106)53(30-33-64(96)97)80-60(91)23-13-10-16-34-87-57-21-15-14-20-50(57)67(98)51-39-48(79-45(7)89)26-31-58(51)87/h9,11-12,14-15,18-21,24-28,31,39,42-44,52-56,59,65-66,90H,8,10,13,16-17,22-23,29-30,32-38,40-41H2,1-7H3,(H2,76,99)(H,77,100)(H,78,101)(H,79,89)(H,80,91)(H,81,103)(H,82,102)(H,83,104)(H,84,105)(H,85,92)(H,86,93)(H,94,95)(H,96,97)/t44-,52-,53-,54-,55-,56-,59-,65-,66-/m0/s1. The third-order valence-corrected chi connectivity index (χ3v) is 18.2. The van der Waals surface area contributed by atoms with Gasteiger partial charge >= 0.3 is 11.9 Å². The zero-order chi connectivity index (χ0) is 77.9. The summed E-state index contributed by atoms with van der Waals surface area (Å²) in [5.74, 6) is -13.2. The second kappa shape index (κ2) is 40.7. The lowest BCUT2D eigenvalue weighted by atomic mass is 9.97. The van der Waals surface area contributed by atoms with Crippen LogP contribution in [0.5, 0.6) is 5.75 Å². The number of anilines is 1. The van der Waals surface area contributed by atoms with Crippen LogP contribution in [0.4, 0.5) is 5.69 Å². The number of phenols is 1. The summed E-state index contributed by atoms with van der Waals surface area (Å²) in [6.07, 6.45) is 0.0632. The average molecular weight is 1470 g/mol. The number of pyridine rings is 1. The summed E-state index contributed by atoms with van der Waals surface area (Å²) in [7, 11) is 0. The fourth-order valence-corrected chi connectivity index (χ4v) is 12.4. The Kier molecular flexibility index (Phi) is 32.1. The van der Waals surface area contributed by atoms with E-state index in [9.17, 15) is 87.2 Å². The molecule has 4 aromatic carbocycles. The number of aromatic nitrogens is 1. The zero-order valence-corrected chi connectivity index (χ0v) is 60.8. The normalized spacial score (nSPS) is 14.9. The van der Waals surface area contributed by atoms with Gasteiger partial charge in [0.05, 0.1) is 24.1 Å². The van der Waals surface area contributed by atoms with Gasteiger partial charge < -0.3 is 83.7 Å². The number of aryl methyl sites for hydroxylation is 1. The Morgan fingerprint density at radius 3 is 1.74 bits per heavy atom. The maximum absolute atomic E-state index is 14.3. The molecular weight excluding hydrogens is 1370 g/mol. The van der Waals surface area contributed by atoms with Gasteiger partial charge in [-0.15, -0.1) is 0 Å². The molecule has 0 radical (unpaired) electrons. The summed E-state index contributed by atoms with van der Waals surface area (Å²) in [6, 6.07) is 16.2. The van der Waals surface area contributed by atoms with Gasteiger partial charge in [0, 0.05) is 68.6 Å². The highest BCUT2D eigenvalue weighted by Gasteiger charge is 2.40. The molecule has 5 aromatic rings. The summed E-state index contributed by atoms with van der Waals surface area (Å²) >= 11 is 0. The highest BCUT2D eigenvalue weighted by Crippen LogP contribution is 2.25. The van der Waals surface area contributed by atoms with Crippen LogP contribution in [-0.2, 0) is 86.5 Å². The minimum Gasteiger partial charge on any atom is -0.508 e. The topological polar surface area (TPSA) is 471 Å². The molecule has 15 N–H and O–H groups in total. The lowest BCUT2D eigenvalue weighted by molar-refractivity contribution is -0.143. The van der Waals surface area contributed by atoms with Crippen molar-refractivity contribution in [2.75, 3.05) is 25.0 Å². The number of hydrogen-bond acceptors (Lipinski definition) is 16. The average Bonchev–Trinajstić information content (AvgIpc) is 1.81. The smallest absolute Gasteiger partial charge is 0.303 e. The SMILES string of the molecule is CC[C@H](C)[C@H](NC(=O)CNC(=O)[C@H](CCC(=O)O)NC(=O)[C@@H]1CCCN1C(=O)[C@H](CCC(=O)O)NC(=O)CCCCCn1c2ccccc2c(=O)c2cc(NC(C)=O)ccc21)C(=O)N[C@@H](Cc1ccc(O)cc1)C(=O)NCC(=O)N[C@H](C(=O)N[C@@H](CC(C)C)C(=O)N[C@@H](Cc1ccccc1)C(N)=O)C(C)C.